The third-order valence-corrected chi connectivity index (χ3v) is 3.58. The van der Waals surface area contributed by atoms with Crippen molar-refractivity contribution < 1.29 is 19.4 Å². The molecule has 0 spiro atoms. The van der Waals surface area contributed by atoms with Gasteiger partial charge in [-0.25, -0.2) is 0 Å². The monoisotopic (exact) mass is 337 g/mol. The van der Waals surface area contributed by atoms with E-state index in [1.54, 1.807) is 12.1 Å². The number of aryl methyl sites for hydroxylation is 2. The van der Waals surface area contributed by atoms with Crippen LogP contribution in [0, 0.1) is 13.8 Å². The number of hydrogen-bond donors (Lipinski definition) is 2. The zero-order valence-electron chi connectivity index (χ0n) is 12.7. The van der Waals surface area contributed by atoms with E-state index in [2.05, 4.69) is 10.4 Å². The summed E-state index contributed by atoms with van der Waals surface area (Å²) >= 11 is 6.07. The molecule has 1 heterocycles. The molecular weight excluding hydrogens is 322 g/mol. The molecule has 0 radical (unpaired) electrons. The van der Waals surface area contributed by atoms with E-state index in [1.165, 1.54) is 16.9 Å². The van der Waals surface area contributed by atoms with Crippen LogP contribution in [0.4, 0.5) is 5.82 Å². The summed E-state index contributed by atoms with van der Waals surface area (Å²) in [4.78, 5) is 22.4. The number of benzene rings is 1. The lowest BCUT2D eigenvalue weighted by Gasteiger charge is -2.09. The minimum atomic E-state index is -1.01. The van der Waals surface area contributed by atoms with E-state index in [0.717, 1.165) is 11.1 Å². The highest BCUT2D eigenvalue weighted by Crippen LogP contribution is 2.25. The number of carboxylic acid groups (broad SMARTS) is 1. The standard InChI is InChI=1S/C15H16ClN3O4/c1-9-5-11(6-10(2)15(9)16)23-8-13(20)17-12-3-4-19(18-12)7-14(21)22/h3-6H,7-8H2,1-2H3,(H,21,22)(H,17,18,20). The van der Waals surface area contributed by atoms with E-state index < -0.39 is 11.9 Å². The van der Waals surface area contributed by atoms with E-state index >= 15 is 0 Å². The molecule has 0 fully saturated rings. The number of ether oxygens (including phenoxy) is 1. The summed E-state index contributed by atoms with van der Waals surface area (Å²) in [6, 6.07) is 5.02. The number of carbonyl (C=O) groups excluding carboxylic acids is 1. The zero-order valence-corrected chi connectivity index (χ0v) is 13.4. The molecule has 0 saturated carbocycles. The van der Waals surface area contributed by atoms with Crippen molar-refractivity contribution in [1.29, 1.82) is 0 Å². The first-order valence-corrected chi connectivity index (χ1v) is 7.17. The van der Waals surface area contributed by atoms with Crippen LogP contribution in [0.2, 0.25) is 5.02 Å². The lowest BCUT2D eigenvalue weighted by atomic mass is 10.1. The highest BCUT2D eigenvalue weighted by Gasteiger charge is 2.09. The van der Waals surface area contributed by atoms with Crippen LogP contribution < -0.4 is 10.1 Å². The van der Waals surface area contributed by atoms with Gasteiger partial charge < -0.3 is 15.2 Å². The lowest BCUT2D eigenvalue weighted by Crippen LogP contribution is -2.20. The summed E-state index contributed by atoms with van der Waals surface area (Å²) in [6.45, 7) is 3.26. The second kappa shape index (κ2) is 7.15. The van der Waals surface area contributed by atoms with Crippen LogP contribution in [0.5, 0.6) is 5.75 Å². The van der Waals surface area contributed by atoms with Gasteiger partial charge in [-0.3, -0.25) is 14.3 Å². The van der Waals surface area contributed by atoms with Gasteiger partial charge in [-0.05, 0) is 37.1 Å². The topological polar surface area (TPSA) is 93.5 Å². The maximum absolute atomic E-state index is 11.8. The van der Waals surface area contributed by atoms with E-state index in [0.29, 0.717) is 10.8 Å². The molecule has 2 aromatic rings. The van der Waals surface area contributed by atoms with Crippen molar-refractivity contribution in [2.75, 3.05) is 11.9 Å². The maximum Gasteiger partial charge on any atom is 0.325 e. The fraction of sp³-hybridized carbons (Fsp3) is 0.267. The molecule has 7 nitrogen and oxygen atoms in total. The number of nitrogens with zero attached hydrogens (tertiary/aromatic N) is 2. The summed E-state index contributed by atoms with van der Waals surface area (Å²) in [7, 11) is 0. The van der Waals surface area contributed by atoms with Crippen molar-refractivity contribution in [2.24, 2.45) is 0 Å². The number of carboxylic acids is 1. The number of halogens is 1. The number of carbonyl (C=O) groups is 2. The minimum absolute atomic E-state index is 0.188. The van der Waals surface area contributed by atoms with Crippen molar-refractivity contribution in [1.82, 2.24) is 9.78 Å². The van der Waals surface area contributed by atoms with Crippen LogP contribution in [-0.4, -0.2) is 33.4 Å². The summed E-state index contributed by atoms with van der Waals surface area (Å²) < 4.78 is 6.64. The Morgan fingerprint density at radius 3 is 2.61 bits per heavy atom. The van der Waals surface area contributed by atoms with Crippen molar-refractivity contribution in [2.45, 2.75) is 20.4 Å². The van der Waals surface area contributed by atoms with Gasteiger partial charge >= 0.3 is 5.97 Å². The molecule has 0 bridgehead atoms. The Morgan fingerprint density at radius 1 is 1.35 bits per heavy atom. The SMILES string of the molecule is Cc1cc(OCC(=O)Nc2ccn(CC(=O)O)n2)cc(C)c1Cl. The van der Waals surface area contributed by atoms with Crippen molar-refractivity contribution in [3.63, 3.8) is 0 Å². The quantitative estimate of drug-likeness (QED) is 0.843. The zero-order chi connectivity index (χ0) is 17.0. The normalized spacial score (nSPS) is 10.4. The number of nitrogens with one attached hydrogen (secondary N) is 1. The molecule has 0 aliphatic carbocycles. The van der Waals surface area contributed by atoms with Crippen LogP contribution in [0.15, 0.2) is 24.4 Å². The predicted molar refractivity (Wildman–Crippen MR) is 84.9 cm³/mol. The second-order valence-electron chi connectivity index (χ2n) is 5.00. The predicted octanol–water partition coefficient (Wildman–Crippen LogP) is 2.26. The maximum atomic E-state index is 11.8. The summed E-state index contributed by atoms with van der Waals surface area (Å²) in [5, 5.41) is 15.8. The van der Waals surface area contributed by atoms with Gasteiger partial charge in [0.2, 0.25) is 0 Å². The van der Waals surface area contributed by atoms with Gasteiger partial charge in [-0.15, -0.1) is 0 Å². The molecule has 8 heteroatoms. The first-order chi connectivity index (χ1) is 10.8. The Morgan fingerprint density at radius 2 is 2.00 bits per heavy atom. The summed E-state index contributed by atoms with van der Waals surface area (Å²) in [5.41, 5.74) is 1.74. The van der Waals surface area contributed by atoms with Gasteiger partial charge in [0.1, 0.15) is 12.3 Å². The van der Waals surface area contributed by atoms with Crippen LogP contribution in [0.1, 0.15) is 11.1 Å². The second-order valence-corrected chi connectivity index (χ2v) is 5.38. The van der Waals surface area contributed by atoms with Crippen LogP contribution in [0.25, 0.3) is 0 Å². The molecular formula is C15H16ClN3O4. The molecule has 0 aliphatic rings. The van der Waals surface area contributed by atoms with Crippen LogP contribution in [-0.2, 0) is 16.1 Å². The fourth-order valence-corrected chi connectivity index (χ4v) is 2.08. The molecule has 2 rings (SSSR count). The van der Waals surface area contributed by atoms with Gasteiger partial charge in [-0.2, -0.15) is 5.10 Å². The van der Waals surface area contributed by atoms with E-state index in [1.807, 2.05) is 13.8 Å². The minimum Gasteiger partial charge on any atom is -0.484 e. The Balaban J connectivity index is 1.90. The number of anilines is 1. The average Bonchev–Trinajstić information content (AvgIpc) is 2.88. The molecule has 1 aromatic carbocycles. The average molecular weight is 338 g/mol. The number of aliphatic carboxylic acids is 1. The molecule has 23 heavy (non-hydrogen) atoms. The number of amides is 1. The molecule has 0 saturated heterocycles. The van der Waals surface area contributed by atoms with Gasteiger partial charge in [0.05, 0.1) is 0 Å². The van der Waals surface area contributed by atoms with Crippen molar-refractivity contribution in [3.05, 3.63) is 40.5 Å². The molecule has 0 atom stereocenters. The van der Waals surface area contributed by atoms with E-state index in [-0.39, 0.29) is 19.0 Å². The third kappa shape index (κ3) is 4.72. The molecule has 1 aromatic heterocycles. The van der Waals surface area contributed by atoms with Gasteiger partial charge in [0.25, 0.3) is 5.91 Å². The molecule has 122 valence electrons. The van der Waals surface area contributed by atoms with Crippen molar-refractivity contribution in [3.8, 4) is 5.75 Å². The fourth-order valence-electron chi connectivity index (χ4n) is 1.97. The van der Waals surface area contributed by atoms with E-state index in [9.17, 15) is 9.59 Å². The molecule has 0 unspecified atom stereocenters. The van der Waals surface area contributed by atoms with Gasteiger partial charge in [-0.1, -0.05) is 11.6 Å². The van der Waals surface area contributed by atoms with Crippen LogP contribution >= 0.6 is 11.6 Å². The first-order valence-electron chi connectivity index (χ1n) is 6.80. The number of rotatable bonds is 6. The number of hydrogen-bond acceptors (Lipinski definition) is 4. The largest absolute Gasteiger partial charge is 0.484 e. The summed E-state index contributed by atoms with van der Waals surface area (Å²) in [6.07, 6.45) is 1.47. The highest BCUT2D eigenvalue weighted by molar-refractivity contribution is 6.32. The van der Waals surface area contributed by atoms with E-state index in [4.69, 9.17) is 21.4 Å². The lowest BCUT2D eigenvalue weighted by molar-refractivity contribution is -0.137. The molecule has 2 N–H and O–H groups in total. The molecule has 1 amide bonds. The summed E-state index contributed by atoms with van der Waals surface area (Å²) in [5.74, 6) is -0.585. The third-order valence-electron chi connectivity index (χ3n) is 2.99. The smallest absolute Gasteiger partial charge is 0.325 e. The first kappa shape index (κ1) is 16.8. The Hall–Kier alpha value is -2.54. The Bertz CT molecular complexity index is 719. The van der Waals surface area contributed by atoms with Gasteiger partial charge in [0, 0.05) is 17.3 Å². The Labute approximate surface area is 137 Å². The molecule has 0 aliphatic heterocycles. The van der Waals surface area contributed by atoms with Crippen molar-refractivity contribution >= 4 is 29.3 Å². The Kier molecular flexibility index (Phi) is 5.23. The van der Waals surface area contributed by atoms with Gasteiger partial charge in [0.15, 0.2) is 12.4 Å². The van der Waals surface area contributed by atoms with Crippen LogP contribution in [0.3, 0.4) is 0 Å². The highest BCUT2D eigenvalue weighted by atomic mass is 35.5. The number of aromatic nitrogens is 2.